The molecule has 1 amide bonds. The molecule has 0 spiro atoms. The van der Waals surface area contributed by atoms with Crippen LogP contribution in [-0.4, -0.2) is 50.6 Å². The Labute approximate surface area is 120 Å². The number of hydrogen-bond acceptors (Lipinski definition) is 4. The smallest absolute Gasteiger partial charge is 0.240 e. The summed E-state index contributed by atoms with van der Waals surface area (Å²) in [6.45, 7) is 2.25. The Balaban J connectivity index is 1.94. The van der Waals surface area contributed by atoms with Crippen LogP contribution in [0.5, 0.6) is 5.75 Å². The first-order chi connectivity index (χ1) is 9.60. The molecule has 20 heavy (non-hydrogen) atoms. The van der Waals surface area contributed by atoms with Crippen LogP contribution in [0.4, 0.5) is 5.69 Å². The largest absolute Gasteiger partial charge is 0.497 e. The van der Waals surface area contributed by atoms with E-state index < -0.39 is 0 Å². The highest BCUT2D eigenvalue weighted by Gasteiger charge is 2.20. The number of rotatable bonds is 4. The second kappa shape index (κ2) is 6.72. The van der Waals surface area contributed by atoms with Gasteiger partial charge in [-0.1, -0.05) is 6.07 Å². The van der Waals surface area contributed by atoms with E-state index in [0.717, 1.165) is 37.4 Å². The molecule has 5 nitrogen and oxygen atoms in total. The minimum atomic E-state index is 0.0914. The highest BCUT2D eigenvalue weighted by Crippen LogP contribution is 2.20. The standard InChI is InChI=1S/C15H23N3O2/c1-17(13-4-3-5-14(10-13)20-2)15(19)11-18-8-6-12(16)7-9-18/h3-5,10,12H,6-9,11,16H2,1-2H3. The molecule has 0 radical (unpaired) electrons. The summed E-state index contributed by atoms with van der Waals surface area (Å²) in [5, 5.41) is 0. The number of nitrogens with zero attached hydrogens (tertiary/aromatic N) is 2. The summed E-state index contributed by atoms with van der Waals surface area (Å²) in [6, 6.07) is 7.82. The molecule has 0 aromatic heterocycles. The molecule has 0 bridgehead atoms. The molecule has 0 aliphatic carbocycles. The molecule has 2 rings (SSSR count). The number of hydrogen-bond donors (Lipinski definition) is 1. The molecule has 1 aliphatic rings. The molecule has 0 saturated carbocycles. The van der Waals surface area contributed by atoms with Gasteiger partial charge in [0.25, 0.3) is 0 Å². The fourth-order valence-corrected chi connectivity index (χ4v) is 2.37. The summed E-state index contributed by atoms with van der Waals surface area (Å²) >= 11 is 0. The van der Waals surface area contributed by atoms with E-state index in [9.17, 15) is 4.79 Å². The van der Waals surface area contributed by atoms with E-state index in [1.54, 1.807) is 19.1 Å². The average Bonchev–Trinajstić information content (AvgIpc) is 2.48. The lowest BCUT2D eigenvalue weighted by Crippen LogP contribution is -2.45. The minimum Gasteiger partial charge on any atom is -0.497 e. The number of piperidine rings is 1. The molecule has 1 aliphatic heterocycles. The number of likely N-dealkylation sites (tertiary alicyclic amines) is 1. The Hall–Kier alpha value is -1.59. The molecular weight excluding hydrogens is 254 g/mol. The predicted octanol–water partition coefficient (Wildman–Crippen LogP) is 1.08. The first-order valence-electron chi connectivity index (χ1n) is 6.98. The van der Waals surface area contributed by atoms with E-state index in [1.165, 1.54) is 0 Å². The molecule has 1 saturated heterocycles. The Morgan fingerprint density at radius 3 is 2.80 bits per heavy atom. The monoisotopic (exact) mass is 277 g/mol. The quantitative estimate of drug-likeness (QED) is 0.895. The van der Waals surface area contributed by atoms with Crippen molar-refractivity contribution >= 4 is 11.6 Å². The molecule has 5 heteroatoms. The van der Waals surface area contributed by atoms with Crippen molar-refractivity contribution in [3.63, 3.8) is 0 Å². The zero-order chi connectivity index (χ0) is 14.5. The fraction of sp³-hybridized carbons (Fsp3) is 0.533. The normalized spacial score (nSPS) is 16.9. The molecule has 1 aromatic carbocycles. The summed E-state index contributed by atoms with van der Waals surface area (Å²) in [6.07, 6.45) is 1.94. The van der Waals surface area contributed by atoms with Gasteiger partial charge < -0.3 is 15.4 Å². The molecule has 110 valence electrons. The van der Waals surface area contributed by atoms with Crippen LogP contribution in [0.3, 0.4) is 0 Å². The molecule has 0 atom stereocenters. The Morgan fingerprint density at radius 1 is 1.45 bits per heavy atom. The van der Waals surface area contributed by atoms with Gasteiger partial charge >= 0.3 is 0 Å². The second-order valence-corrected chi connectivity index (χ2v) is 5.27. The maximum atomic E-state index is 12.3. The van der Waals surface area contributed by atoms with Gasteiger partial charge in [-0.3, -0.25) is 9.69 Å². The van der Waals surface area contributed by atoms with E-state index >= 15 is 0 Å². The third-order valence-corrected chi connectivity index (χ3v) is 3.81. The van der Waals surface area contributed by atoms with Crippen LogP contribution in [0, 0.1) is 0 Å². The van der Waals surface area contributed by atoms with Crippen molar-refractivity contribution in [3.8, 4) is 5.75 Å². The van der Waals surface area contributed by atoms with Crippen LogP contribution in [0.1, 0.15) is 12.8 Å². The maximum Gasteiger partial charge on any atom is 0.240 e. The van der Waals surface area contributed by atoms with Gasteiger partial charge in [-0.15, -0.1) is 0 Å². The number of carbonyl (C=O) groups is 1. The molecular formula is C15H23N3O2. The van der Waals surface area contributed by atoms with E-state index in [-0.39, 0.29) is 11.9 Å². The van der Waals surface area contributed by atoms with Crippen LogP contribution < -0.4 is 15.4 Å². The maximum absolute atomic E-state index is 12.3. The van der Waals surface area contributed by atoms with Gasteiger partial charge in [0.15, 0.2) is 0 Å². The molecule has 2 N–H and O–H groups in total. The van der Waals surface area contributed by atoms with Gasteiger partial charge in [-0.05, 0) is 25.0 Å². The average molecular weight is 277 g/mol. The predicted molar refractivity (Wildman–Crippen MR) is 80.1 cm³/mol. The van der Waals surface area contributed by atoms with Crippen molar-refractivity contribution in [1.29, 1.82) is 0 Å². The fourth-order valence-electron chi connectivity index (χ4n) is 2.37. The first-order valence-corrected chi connectivity index (χ1v) is 6.98. The number of ether oxygens (including phenoxy) is 1. The highest BCUT2D eigenvalue weighted by molar-refractivity contribution is 5.94. The summed E-state index contributed by atoms with van der Waals surface area (Å²) in [4.78, 5) is 16.2. The lowest BCUT2D eigenvalue weighted by molar-refractivity contribution is -0.119. The van der Waals surface area contributed by atoms with Gasteiger partial charge in [-0.2, -0.15) is 0 Å². The molecule has 1 fully saturated rings. The second-order valence-electron chi connectivity index (χ2n) is 5.27. The van der Waals surface area contributed by atoms with E-state index in [1.807, 2.05) is 24.3 Å². The van der Waals surface area contributed by atoms with Crippen molar-refractivity contribution in [3.05, 3.63) is 24.3 Å². The van der Waals surface area contributed by atoms with Gasteiger partial charge in [0.1, 0.15) is 5.75 Å². The van der Waals surface area contributed by atoms with Crippen molar-refractivity contribution in [2.24, 2.45) is 5.73 Å². The van der Waals surface area contributed by atoms with Gasteiger partial charge in [0.05, 0.1) is 13.7 Å². The summed E-state index contributed by atoms with van der Waals surface area (Å²) in [5.74, 6) is 0.847. The first kappa shape index (κ1) is 14.8. The SMILES string of the molecule is COc1cccc(N(C)C(=O)CN2CCC(N)CC2)c1. The number of methoxy groups -OCH3 is 1. The Kier molecular flexibility index (Phi) is 4.98. The van der Waals surface area contributed by atoms with Crippen LogP contribution in [0.25, 0.3) is 0 Å². The zero-order valence-electron chi connectivity index (χ0n) is 12.2. The summed E-state index contributed by atoms with van der Waals surface area (Å²) in [5.41, 5.74) is 6.72. The lowest BCUT2D eigenvalue weighted by Gasteiger charge is -2.30. The van der Waals surface area contributed by atoms with Crippen LogP contribution in [0.15, 0.2) is 24.3 Å². The molecule has 1 heterocycles. The van der Waals surface area contributed by atoms with Gasteiger partial charge in [0.2, 0.25) is 5.91 Å². The van der Waals surface area contributed by atoms with E-state index in [4.69, 9.17) is 10.5 Å². The summed E-state index contributed by atoms with van der Waals surface area (Å²) < 4.78 is 5.18. The van der Waals surface area contributed by atoms with Crippen molar-refractivity contribution < 1.29 is 9.53 Å². The van der Waals surface area contributed by atoms with Crippen LogP contribution in [0.2, 0.25) is 0 Å². The Bertz CT molecular complexity index is 456. The zero-order valence-corrected chi connectivity index (χ0v) is 12.2. The van der Waals surface area contributed by atoms with Crippen molar-refractivity contribution in [1.82, 2.24) is 4.90 Å². The van der Waals surface area contributed by atoms with Crippen LogP contribution in [-0.2, 0) is 4.79 Å². The van der Waals surface area contributed by atoms with Crippen LogP contribution >= 0.6 is 0 Å². The van der Waals surface area contributed by atoms with Gasteiger partial charge in [0, 0.05) is 37.9 Å². The number of benzene rings is 1. The third kappa shape index (κ3) is 3.71. The number of nitrogens with two attached hydrogens (primary N) is 1. The topological polar surface area (TPSA) is 58.8 Å². The highest BCUT2D eigenvalue weighted by atomic mass is 16.5. The number of amides is 1. The minimum absolute atomic E-state index is 0.0914. The van der Waals surface area contributed by atoms with E-state index in [0.29, 0.717) is 6.54 Å². The number of carbonyl (C=O) groups excluding carboxylic acids is 1. The van der Waals surface area contributed by atoms with E-state index in [2.05, 4.69) is 4.90 Å². The summed E-state index contributed by atoms with van der Waals surface area (Å²) in [7, 11) is 3.42. The van der Waals surface area contributed by atoms with Crippen molar-refractivity contribution in [2.75, 3.05) is 38.7 Å². The van der Waals surface area contributed by atoms with Gasteiger partial charge in [-0.25, -0.2) is 0 Å². The lowest BCUT2D eigenvalue weighted by atomic mass is 10.1. The third-order valence-electron chi connectivity index (χ3n) is 3.81. The number of likely N-dealkylation sites (N-methyl/N-ethyl adjacent to an activating group) is 1. The van der Waals surface area contributed by atoms with Crippen molar-refractivity contribution in [2.45, 2.75) is 18.9 Å². The molecule has 1 aromatic rings. The molecule has 0 unspecified atom stereocenters. The number of anilines is 1. The Morgan fingerprint density at radius 2 is 2.15 bits per heavy atom.